The fourth-order valence-electron chi connectivity index (χ4n) is 2.31. The van der Waals surface area contributed by atoms with Crippen molar-refractivity contribution in [3.05, 3.63) is 23.8 Å². The molecule has 1 amide bonds. The van der Waals surface area contributed by atoms with Crippen LogP contribution in [0.15, 0.2) is 23.3 Å². The highest BCUT2D eigenvalue weighted by atomic mass is 16.5. The van der Waals surface area contributed by atoms with Crippen molar-refractivity contribution in [1.82, 2.24) is 5.01 Å². The van der Waals surface area contributed by atoms with Gasteiger partial charge in [-0.2, -0.15) is 5.10 Å². The van der Waals surface area contributed by atoms with Crippen molar-refractivity contribution in [3.63, 3.8) is 0 Å². The molecule has 0 spiro atoms. The minimum Gasteiger partial charge on any atom is -0.493 e. The van der Waals surface area contributed by atoms with Gasteiger partial charge in [0, 0.05) is 18.4 Å². The Balaban J connectivity index is 2.14. The Morgan fingerprint density at radius 3 is 2.71 bits per heavy atom. The van der Waals surface area contributed by atoms with Crippen LogP contribution in [0.4, 0.5) is 0 Å². The van der Waals surface area contributed by atoms with Gasteiger partial charge in [0.15, 0.2) is 11.5 Å². The van der Waals surface area contributed by atoms with Gasteiger partial charge >= 0.3 is 0 Å². The number of amides is 1. The maximum Gasteiger partial charge on any atom is 0.242 e. The number of hydrazone groups is 1. The fourth-order valence-corrected chi connectivity index (χ4v) is 2.31. The summed E-state index contributed by atoms with van der Waals surface area (Å²) in [5.74, 6) is 1.47. The van der Waals surface area contributed by atoms with Crippen molar-refractivity contribution >= 4 is 11.6 Å². The normalized spacial score (nSPS) is 14.0. The van der Waals surface area contributed by atoms with Crippen LogP contribution in [-0.2, 0) is 4.79 Å². The molecule has 0 saturated carbocycles. The first-order valence-corrected chi connectivity index (χ1v) is 7.29. The molecule has 114 valence electrons. The Kier molecular flexibility index (Phi) is 5.20. The zero-order valence-electron chi connectivity index (χ0n) is 12.9. The minimum atomic E-state index is 0.104. The maximum atomic E-state index is 12.0. The van der Waals surface area contributed by atoms with Gasteiger partial charge in [-0.25, -0.2) is 5.01 Å². The van der Waals surface area contributed by atoms with Crippen LogP contribution in [0.5, 0.6) is 11.5 Å². The first kappa shape index (κ1) is 15.4. The van der Waals surface area contributed by atoms with Crippen LogP contribution < -0.4 is 9.47 Å². The fraction of sp³-hybridized carbons (Fsp3) is 0.500. The maximum absolute atomic E-state index is 12.0. The highest BCUT2D eigenvalue weighted by Gasteiger charge is 2.21. The molecule has 2 rings (SSSR count). The first-order valence-electron chi connectivity index (χ1n) is 7.29. The molecule has 0 aromatic heterocycles. The largest absolute Gasteiger partial charge is 0.493 e. The van der Waals surface area contributed by atoms with Crippen molar-refractivity contribution in [1.29, 1.82) is 0 Å². The molecule has 5 nitrogen and oxygen atoms in total. The first-order chi connectivity index (χ1) is 10.2. The van der Waals surface area contributed by atoms with Crippen LogP contribution in [0.1, 0.15) is 38.2 Å². The Bertz CT molecular complexity index is 540. The smallest absolute Gasteiger partial charge is 0.242 e. The molecule has 0 radical (unpaired) electrons. The third-order valence-electron chi connectivity index (χ3n) is 3.55. The van der Waals surface area contributed by atoms with Gasteiger partial charge in [-0.1, -0.05) is 13.3 Å². The molecule has 0 saturated heterocycles. The van der Waals surface area contributed by atoms with Crippen LogP contribution >= 0.6 is 0 Å². The lowest BCUT2D eigenvalue weighted by atomic mass is 10.1. The van der Waals surface area contributed by atoms with E-state index in [1.54, 1.807) is 19.2 Å². The van der Waals surface area contributed by atoms with Crippen LogP contribution in [0.3, 0.4) is 0 Å². The molecular formula is C16H22N2O3. The zero-order valence-corrected chi connectivity index (χ0v) is 12.9. The van der Waals surface area contributed by atoms with E-state index in [0.29, 0.717) is 24.5 Å². The molecule has 1 aromatic carbocycles. The van der Waals surface area contributed by atoms with Crippen LogP contribution in [-0.4, -0.2) is 37.4 Å². The molecule has 0 unspecified atom stereocenters. The van der Waals surface area contributed by atoms with E-state index in [4.69, 9.17) is 9.47 Å². The van der Waals surface area contributed by atoms with Crippen LogP contribution in [0, 0.1) is 0 Å². The van der Waals surface area contributed by atoms with Gasteiger partial charge in [-0.3, -0.25) is 4.79 Å². The predicted molar refractivity (Wildman–Crippen MR) is 81.9 cm³/mol. The summed E-state index contributed by atoms with van der Waals surface area (Å²) >= 11 is 0. The number of hydrogen-bond donors (Lipinski definition) is 0. The number of ether oxygens (including phenoxy) is 2. The Hall–Kier alpha value is -2.04. The van der Waals surface area contributed by atoms with E-state index in [1.165, 1.54) is 0 Å². The number of hydrogen-bond acceptors (Lipinski definition) is 4. The molecule has 21 heavy (non-hydrogen) atoms. The average molecular weight is 290 g/mol. The number of methoxy groups -OCH3 is 2. The molecule has 1 aliphatic rings. The zero-order chi connectivity index (χ0) is 15.2. The second-order valence-corrected chi connectivity index (χ2v) is 4.99. The summed E-state index contributed by atoms with van der Waals surface area (Å²) in [4.78, 5) is 12.0. The van der Waals surface area contributed by atoms with Gasteiger partial charge in [-0.15, -0.1) is 0 Å². The molecule has 0 aliphatic carbocycles. The van der Waals surface area contributed by atoms with Gasteiger partial charge in [-0.05, 0) is 24.6 Å². The van der Waals surface area contributed by atoms with E-state index < -0.39 is 0 Å². The number of nitrogens with zero attached hydrogens (tertiary/aromatic N) is 2. The van der Waals surface area contributed by atoms with Gasteiger partial charge in [0.25, 0.3) is 0 Å². The van der Waals surface area contributed by atoms with E-state index in [2.05, 4.69) is 12.0 Å². The highest BCUT2D eigenvalue weighted by Crippen LogP contribution is 2.29. The van der Waals surface area contributed by atoms with E-state index >= 15 is 0 Å². The highest BCUT2D eigenvalue weighted by molar-refractivity contribution is 6.03. The van der Waals surface area contributed by atoms with Crippen molar-refractivity contribution in [2.45, 2.75) is 32.6 Å². The summed E-state index contributed by atoms with van der Waals surface area (Å²) in [5.41, 5.74) is 1.89. The van der Waals surface area contributed by atoms with Crippen LogP contribution in [0.2, 0.25) is 0 Å². The molecule has 0 N–H and O–H groups in total. The number of carbonyl (C=O) groups is 1. The van der Waals surface area contributed by atoms with Gasteiger partial charge in [0.2, 0.25) is 5.91 Å². The minimum absolute atomic E-state index is 0.104. The molecular weight excluding hydrogens is 268 g/mol. The lowest BCUT2D eigenvalue weighted by Gasteiger charge is -2.10. The van der Waals surface area contributed by atoms with Gasteiger partial charge in [0.05, 0.1) is 26.5 Å². The summed E-state index contributed by atoms with van der Waals surface area (Å²) in [6.07, 6.45) is 3.27. The topological polar surface area (TPSA) is 51.1 Å². The van der Waals surface area contributed by atoms with E-state index in [0.717, 1.165) is 30.5 Å². The molecule has 1 heterocycles. The van der Waals surface area contributed by atoms with E-state index in [1.807, 2.05) is 18.2 Å². The molecule has 1 aromatic rings. The summed E-state index contributed by atoms with van der Waals surface area (Å²) in [7, 11) is 3.22. The lowest BCUT2D eigenvalue weighted by molar-refractivity contribution is -0.130. The average Bonchev–Trinajstić information content (AvgIpc) is 3.01. The second kappa shape index (κ2) is 7.11. The summed E-state index contributed by atoms with van der Waals surface area (Å²) in [5, 5.41) is 6.03. The van der Waals surface area contributed by atoms with Crippen molar-refractivity contribution in [2.75, 3.05) is 20.8 Å². The number of benzene rings is 1. The SMILES string of the molecule is CCCCC(=O)N1CCC(c2ccc(OC)c(OC)c2)=N1. The number of rotatable bonds is 6. The summed E-state index contributed by atoms with van der Waals surface area (Å²) in [6.45, 7) is 2.74. The van der Waals surface area contributed by atoms with Gasteiger partial charge in [0.1, 0.15) is 0 Å². The number of unbranched alkanes of at least 4 members (excludes halogenated alkanes) is 1. The van der Waals surface area contributed by atoms with Gasteiger partial charge < -0.3 is 9.47 Å². The third-order valence-corrected chi connectivity index (χ3v) is 3.55. The lowest BCUT2D eigenvalue weighted by Crippen LogP contribution is -2.22. The molecule has 0 bridgehead atoms. The third kappa shape index (κ3) is 3.54. The predicted octanol–water partition coefficient (Wildman–Crippen LogP) is 2.83. The summed E-state index contributed by atoms with van der Waals surface area (Å²) < 4.78 is 10.5. The van der Waals surface area contributed by atoms with Crippen molar-refractivity contribution < 1.29 is 14.3 Å². The molecule has 0 fully saturated rings. The Morgan fingerprint density at radius 1 is 1.29 bits per heavy atom. The molecule has 1 aliphatic heterocycles. The number of carbonyl (C=O) groups excluding carboxylic acids is 1. The molecule has 5 heteroatoms. The van der Waals surface area contributed by atoms with E-state index in [9.17, 15) is 4.79 Å². The quantitative estimate of drug-likeness (QED) is 0.809. The Labute approximate surface area is 125 Å². The summed E-state index contributed by atoms with van der Waals surface area (Å²) in [6, 6.07) is 5.70. The monoisotopic (exact) mass is 290 g/mol. The van der Waals surface area contributed by atoms with Crippen molar-refractivity contribution in [3.8, 4) is 11.5 Å². The Morgan fingerprint density at radius 2 is 2.05 bits per heavy atom. The van der Waals surface area contributed by atoms with Crippen molar-refractivity contribution in [2.24, 2.45) is 5.10 Å². The van der Waals surface area contributed by atoms with Crippen LogP contribution in [0.25, 0.3) is 0 Å². The standard InChI is InChI=1S/C16H22N2O3/c1-4-5-6-16(19)18-10-9-13(17-18)12-7-8-14(20-2)15(11-12)21-3/h7-8,11H,4-6,9-10H2,1-3H3. The van der Waals surface area contributed by atoms with E-state index in [-0.39, 0.29) is 5.91 Å². The second-order valence-electron chi connectivity index (χ2n) is 4.99. The molecule has 0 atom stereocenters.